The van der Waals surface area contributed by atoms with Crippen molar-refractivity contribution in [1.29, 1.82) is 0 Å². The first-order chi connectivity index (χ1) is 13.2. The van der Waals surface area contributed by atoms with Crippen LogP contribution in [0.1, 0.15) is 27.4 Å². The lowest BCUT2D eigenvalue weighted by molar-refractivity contribution is 0.0947. The van der Waals surface area contributed by atoms with Crippen molar-refractivity contribution < 1.29 is 13.9 Å². The summed E-state index contributed by atoms with van der Waals surface area (Å²) in [5.41, 5.74) is 3.41. The number of amides is 1. The first-order valence-electron chi connectivity index (χ1n) is 8.65. The molecule has 1 aromatic carbocycles. The molecule has 0 saturated carbocycles. The number of aromatic nitrogens is 2. The highest BCUT2D eigenvalue weighted by Crippen LogP contribution is 2.16. The molecule has 6 heteroatoms. The molecule has 0 atom stereocenters. The van der Waals surface area contributed by atoms with Crippen LogP contribution in [0.15, 0.2) is 71.6 Å². The van der Waals surface area contributed by atoms with Crippen LogP contribution in [-0.2, 0) is 13.2 Å². The molecular formula is C21H19N3O3. The van der Waals surface area contributed by atoms with Crippen LogP contribution >= 0.6 is 0 Å². The second-order valence-corrected chi connectivity index (χ2v) is 6.28. The van der Waals surface area contributed by atoms with E-state index in [2.05, 4.69) is 10.3 Å². The number of fused-ring (bicyclic) bond motifs is 1. The summed E-state index contributed by atoms with van der Waals surface area (Å²) in [5.74, 6) is 1.15. The van der Waals surface area contributed by atoms with E-state index in [4.69, 9.17) is 9.15 Å². The number of aryl methyl sites for hydroxylation is 1. The van der Waals surface area contributed by atoms with Crippen molar-refractivity contribution in [2.24, 2.45) is 0 Å². The summed E-state index contributed by atoms with van der Waals surface area (Å²) < 4.78 is 13.0. The summed E-state index contributed by atoms with van der Waals surface area (Å²) >= 11 is 0. The van der Waals surface area contributed by atoms with Gasteiger partial charge in [-0.25, -0.2) is 4.98 Å². The summed E-state index contributed by atoms with van der Waals surface area (Å²) in [7, 11) is 0. The summed E-state index contributed by atoms with van der Waals surface area (Å²) in [6.07, 6.45) is 5.55. The molecule has 1 N–H and O–H groups in total. The third-order valence-corrected chi connectivity index (χ3v) is 4.14. The summed E-state index contributed by atoms with van der Waals surface area (Å²) in [5, 5.41) is 2.82. The Morgan fingerprint density at radius 2 is 2.11 bits per heavy atom. The number of nitrogens with zero attached hydrogens (tertiary/aromatic N) is 2. The Bertz CT molecular complexity index is 1070. The maximum atomic E-state index is 12.3. The van der Waals surface area contributed by atoms with Crippen LogP contribution < -0.4 is 10.1 Å². The van der Waals surface area contributed by atoms with Crippen LogP contribution in [0.5, 0.6) is 5.75 Å². The van der Waals surface area contributed by atoms with Crippen molar-refractivity contribution >= 4 is 11.6 Å². The number of ether oxygens (including phenoxy) is 1. The average Bonchev–Trinajstić information content (AvgIpc) is 3.33. The Kier molecular flexibility index (Phi) is 4.61. The van der Waals surface area contributed by atoms with Crippen LogP contribution in [0.3, 0.4) is 0 Å². The topological polar surface area (TPSA) is 68.8 Å². The molecule has 0 aliphatic heterocycles. The van der Waals surface area contributed by atoms with E-state index >= 15 is 0 Å². The first-order valence-corrected chi connectivity index (χ1v) is 8.65. The molecule has 0 bridgehead atoms. The maximum Gasteiger partial charge on any atom is 0.251 e. The van der Waals surface area contributed by atoms with Gasteiger partial charge in [0.25, 0.3) is 5.91 Å². The van der Waals surface area contributed by atoms with Crippen LogP contribution in [0.4, 0.5) is 0 Å². The van der Waals surface area contributed by atoms with Gasteiger partial charge in [-0.3, -0.25) is 4.79 Å². The lowest BCUT2D eigenvalue weighted by atomic mass is 10.2. The number of imidazole rings is 1. The molecule has 0 spiro atoms. The predicted octanol–water partition coefficient (Wildman–Crippen LogP) is 3.74. The van der Waals surface area contributed by atoms with Crippen molar-refractivity contribution in [2.45, 2.75) is 20.1 Å². The zero-order chi connectivity index (χ0) is 18.6. The fraction of sp³-hybridized carbons (Fsp3) is 0.143. The predicted molar refractivity (Wildman–Crippen MR) is 101 cm³/mol. The fourth-order valence-electron chi connectivity index (χ4n) is 2.79. The molecule has 0 radical (unpaired) electrons. The molecule has 136 valence electrons. The average molecular weight is 361 g/mol. The number of carbonyl (C=O) groups is 1. The van der Waals surface area contributed by atoms with Crippen LogP contribution in [0.25, 0.3) is 5.65 Å². The van der Waals surface area contributed by atoms with Gasteiger partial charge in [-0.1, -0.05) is 12.1 Å². The third-order valence-electron chi connectivity index (χ3n) is 4.14. The van der Waals surface area contributed by atoms with Crippen molar-refractivity contribution in [2.75, 3.05) is 0 Å². The summed E-state index contributed by atoms with van der Waals surface area (Å²) in [6.45, 7) is 2.72. The molecule has 1 amide bonds. The molecule has 3 heterocycles. The molecular weight excluding hydrogens is 342 g/mol. The smallest absolute Gasteiger partial charge is 0.251 e. The number of nitrogens with one attached hydrogen (secondary N) is 1. The lowest BCUT2D eigenvalue weighted by Crippen LogP contribution is -2.22. The maximum absolute atomic E-state index is 12.3. The van der Waals surface area contributed by atoms with Gasteiger partial charge >= 0.3 is 0 Å². The number of hydrogen-bond acceptors (Lipinski definition) is 4. The van der Waals surface area contributed by atoms with E-state index in [0.717, 1.165) is 11.3 Å². The van der Waals surface area contributed by atoms with Crippen LogP contribution in [0.2, 0.25) is 0 Å². The quantitative estimate of drug-likeness (QED) is 0.568. The van der Waals surface area contributed by atoms with E-state index in [0.29, 0.717) is 30.2 Å². The van der Waals surface area contributed by atoms with Gasteiger partial charge in [0.1, 0.15) is 23.8 Å². The normalized spacial score (nSPS) is 10.9. The van der Waals surface area contributed by atoms with Crippen molar-refractivity contribution in [3.8, 4) is 5.75 Å². The van der Waals surface area contributed by atoms with Gasteiger partial charge in [0.05, 0.1) is 18.5 Å². The van der Waals surface area contributed by atoms with E-state index in [9.17, 15) is 4.79 Å². The minimum Gasteiger partial charge on any atom is -0.487 e. The zero-order valence-electron chi connectivity index (χ0n) is 14.9. The van der Waals surface area contributed by atoms with Crippen molar-refractivity contribution in [1.82, 2.24) is 14.7 Å². The number of carbonyl (C=O) groups excluding carboxylic acids is 1. The fourth-order valence-corrected chi connectivity index (χ4v) is 2.79. The lowest BCUT2D eigenvalue weighted by Gasteiger charge is -2.07. The molecule has 0 aliphatic carbocycles. The molecule has 4 aromatic rings. The molecule has 3 aromatic heterocycles. The highest BCUT2D eigenvalue weighted by atomic mass is 16.5. The van der Waals surface area contributed by atoms with Gasteiger partial charge in [-0.05, 0) is 48.9 Å². The third kappa shape index (κ3) is 4.00. The van der Waals surface area contributed by atoms with Gasteiger partial charge in [0, 0.05) is 18.0 Å². The highest BCUT2D eigenvalue weighted by molar-refractivity contribution is 5.94. The number of benzene rings is 1. The molecule has 4 rings (SSSR count). The minimum absolute atomic E-state index is 0.181. The van der Waals surface area contributed by atoms with Gasteiger partial charge in [-0.2, -0.15) is 0 Å². The Hall–Kier alpha value is -3.54. The molecule has 0 aliphatic rings. The second kappa shape index (κ2) is 7.37. The Morgan fingerprint density at radius 3 is 2.96 bits per heavy atom. The van der Waals surface area contributed by atoms with Gasteiger partial charge < -0.3 is 18.9 Å². The van der Waals surface area contributed by atoms with Crippen molar-refractivity contribution in [3.63, 3.8) is 0 Å². The molecule has 0 saturated heterocycles. The highest BCUT2D eigenvalue weighted by Gasteiger charge is 2.08. The monoisotopic (exact) mass is 361 g/mol. The second-order valence-electron chi connectivity index (χ2n) is 6.28. The van der Waals surface area contributed by atoms with E-state index in [1.165, 1.54) is 5.56 Å². The Balaban J connectivity index is 1.40. The standard InChI is InChI=1S/C21H19N3O3/c1-15-7-8-20-23-17(13-24(20)12-15)14-27-18-5-2-4-16(10-18)21(25)22-11-19-6-3-9-26-19/h2-10,12-13H,11,14H2,1H3,(H,22,25). The van der Waals surface area contributed by atoms with Gasteiger partial charge in [-0.15, -0.1) is 0 Å². The van der Waals surface area contributed by atoms with Gasteiger partial charge in [0.15, 0.2) is 0 Å². The number of furan rings is 1. The number of pyridine rings is 1. The largest absolute Gasteiger partial charge is 0.487 e. The van der Waals surface area contributed by atoms with Gasteiger partial charge in [0.2, 0.25) is 0 Å². The van der Waals surface area contributed by atoms with Crippen LogP contribution in [-0.4, -0.2) is 15.3 Å². The number of rotatable bonds is 6. The molecule has 27 heavy (non-hydrogen) atoms. The zero-order valence-corrected chi connectivity index (χ0v) is 14.9. The Labute approximate surface area is 156 Å². The minimum atomic E-state index is -0.181. The van der Waals surface area contributed by atoms with E-state index in [-0.39, 0.29) is 5.91 Å². The SMILES string of the molecule is Cc1ccc2nc(COc3cccc(C(=O)NCc4ccco4)c3)cn2c1. The van der Waals surface area contributed by atoms with Crippen molar-refractivity contribution in [3.05, 3.63) is 89.8 Å². The Morgan fingerprint density at radius 1 is 1.19 bits per heavy atom. The summed E-state index contributed by atoms with van der Waals surface area (Å²) in [4.78, 5) is 16.8. The molecule has 0 unspecified atom stereocenters. The van der Waals surface area contributed by atoms with E-state index in [1.807, 2.05) is 48.0 Å². The van der Waals surface area contributed by atoms with E-state index in [1.54, 1.807) is 30.5 Å². The number of hydrogen-bond donors (Lipinski definition) is 1. The van der Waals surface area contributed by atoms with Crippen LogP contribution in [0, 0.1) is 6.92 Å². The van der Waals surface area contributed by atoms with E-state index < -0.39 is 0 Å². The summed E-state index contributed by atoms with van der Waals surface area (Å²) in [6, 6.07) is 14.7. The molecule has 0 fully saturated rings. The first kappa shape index (κ1) is 16.9. The molecule has 6 nitrogen and oxygen atoms in total.